The van der Waals surface area contributed by atoms with Gasteiger partial charge in [0.2, 0.25) is 0 Å². The molecule has 2 nitrogen and oxygen atoms in total. The third-order valence-electron chi connectivity index (χ3n) is 1.15. The summed E-state index contributed by atoms with van der Waals surface area (Å²) in [7, 11) is 0. The highest BCUT2D eigenvalue weighted by atomic mass is 35.5. The van der Waals surface area contributed by atoms with Gasteiger partial charge in [-0.1, -0.05) is 11.6 Å². The molecular formula is C6H3ClF3NO. The van der Waals surface area contributed by atoms with Gasteiger partial charge in [0, 0.05) is 0 Å². The molecule has 0 radical (unpaired) electrons. The highest BCUT2D eigenvalue weighted by Gasteiger charge is 2.39. The van der Waals surface area contributed by atoms with E-state index in [9.17, 15) is 18.0 Å². The van der Waals surface area contributed by atoms with E-state index in [0.29, 0.717) is 0 Å². The van der Waals surface area contributed by atoms with E-state index in [1.165, 1.54) is 6.07 Å². The number of aromatic amines is 1. The van der Waals surface area contributed by atoms with Crippen molar-refractivity contribution in [3.05, 3.63) is 23.0 Å². The predicted octanol–water partition coefficient (Wildman–Crippen LogP) is 2.41. The van der Waals surface area contributed by atoms with Gasteiger partial charge in [-0.3, -0.25) is 4.79 Å². The van der Waals surface area contributed by atoms with Crippen molar-refractivity contribution in [2.75, 3.05) is 0 Å². The second-order valence-corrected chi connectivity index (χ2v) is 2.45. The topological polar surface area (TPSA) is 32.9 Å². The molecule has 1 N–H and O–H groups in total. The molecule has 0 amide bonds. The largest absolute Gasteiger partial charge is 0.456 e. The Labute approximate surface area is 70.3 Å². The summed E-state index contributed by atoms with van der Waals surface area (Å²) in [6.07, 6.45) is -4.85. The van der Waals surface area contributed by atoms with Crippen molar-refractivity contribution in [3.63, 3.8) is 0 Å². The average Bonchev–Trinajstić information content (AvgIpc) is 2.32. The Balaban J connectivity index is 2.93. The molecule has 0 saturated heterocycles. The molecule has 0 bridgehead atoms. The molecule has 12 heavy (non-hydrogen) atoms. The van der Waals surface area contributed by atoms with Crippen molar-refractivity contribution >= 4 is 17.4 Å². The highest BCUT2D eigenvalue weighted by Crippen LogP contribution is 2.21. The van der Waals surface area contributed by atoms with Gasteiger partial charge in [0.05, 0.1) is 5.69 Å². The fourth-order valence-corrected chi connectivity index (χ4v) is 0.818. The first kappa shape index (κ1) is 9.12. The lowest BCUT2D eigenvalue weighted by Crippen LogP contribution is -2.22. The Morgan fingerprint density at radius 2 is 2.00 bits per heavy atom. The van der Waals surface area contributed by atoms with Crippen LogP contribution in [-0.4, -0.2) is 16.9 Å². The Kier molecular flexibility index (Phi) is 2.14. The first-order chi connectivity index (χ1) is 5.41. The van der Waals surface area contributed by atoms with Gasteiger partial charge in [0.1, 0.15) is 5.15 Å². The van der Waals surface area contributed by atoms with E-state index >= 15 is 0 Å². The van der Waals surface area contributed by atoms with Crippen molar-refractivity contribution in [2.24, 2.45) is 0 Å². The first-order valence-corrected chi connectivity index (χ1v) is 3.25. The fraction of sp³-hybridized carbons (Fsp3) is 0.167. The lowest BCUT2D eigenvalue weighted by Gasteiger charge is -2.01. The van der Waals surface area contributed by atoms with Gasteiger partial charge in [-0.05, 0) is 12.1 Å². The standard InChI is InChI=1S/C6H3ClF3NO/c7-4-2-1-3(11-4)5(12)6(8,9)10/h1-2,11H. The third kappa shape index (κ3) is 1.79. The van der Waals surface area contributed by atoms with Crippen LogP contribution in [0.25, 0.3) is 0 Å². The summed E-state index contributed by atoms with van der Waals surface area (Å²) in [5, 5.41) is 0.00241. The normalized spacial score (nSPS) is 11.7. The van der Waals surface area contributed by atoms with E-state index in [1.54, 1.807) is 0 Å². The number of aromatic nitrogens is 1. The molecule has 1 heterocycles. The zero-order valence-electron chi connectivity index (χ0n) is 5.57. The van der Waals surface area contributed by atoms with Crippen molar-refractivity contribution < 1.29 is 18.0 Å². The third-order valence-corrected chi connectivity index (χ3v) is 1.37. The number of rotatable bonds is 1. The number of carbonyl (C=O) groups is 1. The molecule has 0 fully saturated rings. The summed E-state index contributed by atoms with van der Waals surface area (Å²) in [5.41, 5.74) is -0.549. The average molecular weight is 198 g/mol. The van der Waals surface area contributed by atoms with Crippen LogP contribution in [0.1, 0.15) is 10.5 Å². The molecule has 0 spiro atoms. The van der Waals surface area contributed by atoms with E-state index < -0.39 is 17.7 Å². The quantitative estimate of drug-likeness (QED) is 0.689. The second-order valence-electron chi connectivity index (χ2n) is 2.05. The molecule has 0 atom stereocenters. The number of ketones is 1. The molecule has 0 aliphatic heterocycles. The summed E-state index contributed by atoms with van der Waals surface area (Å²) >= 11 is 5.28. The lowest BCUT2D eigenvalue weighted by atomic mass is 10.3. The minimum absolute atomic E-state index is 0.00241. The van der Waals surface area contributed by atoms with Crippen LogP contribution >= 0.6 is 11.6 Å². The molecule has 0 saturated carbocycles. The Morgan fingerprint density at radius 1 is 1.42 bits per heavy atom. The van der Waals surface area contributed by atoms with Crippen molar-refractivity contribution in [1.82, 2.24) is 4.98 Å². The van der Waals surface area contributed by atoms with Crippen LogP contribution in [0.2, 0.25) is 5.15 Å². The van der Waals surface area contributed by atoms with E-state index in [4.69, 9.17) is 11.6 Å². The number of nitrogens with one attached hydrogen (secondary N) is 1. The zero-order valence-corrected chi connectivity index (χ0v) is 6.33. The molecule has 66 valence electrons. The maximum Gasteiger partial charge on any atom is 0.456 e. The van der Waals surface area contributed by atoms with Crippen LogP contribution in [0.4, 0.5) is 13.2 Å². The Bertz CT molecular complexity index is 304. The maximum absolute atomic E-state index is 11.7. The lowest BCUT2D eigenvalue weighted by molar-refractivity contribution is -0.0887. The summed E-state index contributed by atoms with van der Waals surface area (Å²) in [6.45, 7) is 0. The smallest absolute Gasteiger partial charge is 0.343 e. The van der Waals surface area contributed by atoms with Crippen molar-refractivity contribution in [2.45, 2.75) is 6.18 Å². The number of hydrogen-bond acceptors (Lipinski definition) is 1. The van der Waals surface area contributed by atoms with Crippen LogP contribution in [0.5, 0.6) is 0 Å². The van der Waals surface area contributed by atoms with E-state index in [-0.39, 0.29) is 5.15 Å². The molecule has 0 aliphatic rings. The predicted molar refractivity (Wildman–Crippen MR) is 36.2 cm³/mol. The van der Waals surface area contributed by atoms with Crippen LogP contribution < -0.4 is 0 Å². The van der Waals surface area contributed by atoms with Gasteiger partial charge in [0.25, 0.3) is 5.78 Å². The van der Waals surface area contributed by atoms with Crippen LogP contribution in [-0.2, 0) is 0 Å². The number of halogens is 4. The van der Waals surface area contributed by atoms with Gasteiger partial charge in [-0.25, -0.2) is 0 Å². The minimum Gasteiger partial charge on any atom is -0.343 e. The molecule has 6 heteroatoms. The van der Waals surface area contributed by atoms with E-state index in [2.05, 4.69) is 4.98 Å². The summed E-state index contributed by atoms with van der Waals surface area (Å²) in [5.74, 6) is -1.92. The number of Topliss-reactive ketones (excluding diaryl/α,β-unsaturated/α-hetero) is 1. The Hall–Kier alpha value is -0.970. The van der Waals surface area contributed by atoms with Crippen LogP contribution in [0.15, 0.2) is 12.1 Å². The highest BCUT2D eigenvalue weighted by molar-refractivity contribution is 6.29. The summed E-state index contributed by atoms with van der Waals surface area (Å²) in [4.78, 5) is 12.5. The minimum atomic E-state index is -4.85. The number of H-pyrrole nitrogens is 1. The molecular weight excluding hydrogens is 195 g/mol. The van der Waals surface area contributed by atoms with Gasteiger partial charge in [0.15, 0.2) is 0 Å². The van der Waals surface area contributed by atoms with Gasteiger partial charge < -0.3 is 4.98 Å². The SMILES string of the molecule is O=C(c1ccc(Cl)[nH]1)C(F)(F)F. The Morgan fingerprint density at radius 3 is 2.33 bits per heavy atom. The van der Waals surface area contributed by atoms with Crippen molar-refractivity contribution in [1.29, 1.82) is 0 Å². The maximum atomic E-state index is 11.7. The van der Waals surface area contributed by atoms with Crippen LogP contribution in [0, 0.1) is 0 Å². The first-order valence-electron chi connectivity index (χ1n) is 2.87. The summed E-state index contributed by atoms with van der Waals surface area (Å²) in [6, 6.07) is 2.17. The molecule has 1 aromatic heterocycles. The molecule has 1 aromatic rings. The molecule has 0 aromatic carbocycles. The molecule has 1 rings (SSSR count). The summed E-state index contributed by atoms with van der Waals surface area (Å²) < 4.78 is 35.2. The number of hydrogen-bond donors (Lipinski definition) is 1. The monoisotopic (exact) mass is 197 g/mol. The van der Waals surface area contributed by atoms with Gasteiger partial charge >= 0.3 is 6.18 Å². The van der Waals surface area contributed by atoms with Crippen LogP contribution in [0.3, 0.4) is 0 Å². The molecule has 0 aliphatic carbocycles. The fourth-order valence-electron chi connectivity index (χ4n) is 0.654. The number of alkyl halides is 3. The molecule has 0 unspecified atom stereocenters. The zero-order chi connectivity index (χ0) is 9.35. The van der Waals surface area contributed by atoms with E-state index in [0.717, 1.165) is 6.07 Å². The second kappa shape index (κ2) is 2.82. The number of carbonyl (C=O) groups excluding carboxylic acids is 1. The van der Waals surface area contributed by atoms with Crippen molar-refractivity contribution in [3.8, 4) is 0 Å². The van der Waals surface area contributed by atoms with E-state index in [1.807, 2.05) is 0 Å². The van der Waals surface area contributed by atoms with Gasteiger partial charge in [-0.2, -0.15) is 13.2 Å². The van der Waals surface area contributed by atoms with Gasteiger partial charge in [-0.15, -0.1) is 0 Å².